The number of ether oxygens (including phenoxy) is 1. The van der Waals surface area contributed by atoms with Crippen molar-refractivity contribution < 1.29 is 19.4 Å². The van der Waals surface area contributed by atoms with Gasteiger partial charge in [0.05, 0.1) is 19.3 Å². The van der Waals surface area contributed by atoms with Crippen molar-refractivity contribution in [2.45, 2.75) is 58.1 Å². The van der Waals surface area contributed by atoms with Crippen molar-refractivity contribution in [3.63, 3.8) is 0 Å². The minimum atomic E-state index is -0.572. The Morgan fingerprint density at radius 1 is 1.43 bits per heavy atom. The molecule has 0 radical (unpaired) electrons. The Kier molecular flexibility index (Phi) is 9.85. The molecule has 0 aromatic carbocycles. The third-order valence-corrected chi connectivity index (χ3v) is 6.04. The SMILES string of the molecule is CCCC#CC[C@H](C)[C@H](O)C=CC1CCC(=O)N1CC=Cc1ccc(C(=O)OC)s1. The van der Waals surface area contributed by atoms with Crippen LogP contribution in [0.2, 0.25) is 0 Å². The van der Waals surface area contributed by atoms with Gasteiger partial charge in [-0.25, -0.2) is 4.79 Å². The Labute approximate surface area is 183 Å². The van der Waals surface area contributed by atoms with Crippen molar-refractivity contribution in [3.8, 4) is 11.8 Å². The molecule has 1 aliphatic heterocycles. The highest BCUT2D eigenvalue weighted by Crippen LogP contribution is 2.22. The van der Waals surface area contributed by atoms with Gasteiger partial charge in [0.1, 0.15) is 4.88 Å². The highest BCUT2D eigenvalue weighted by Gasteiger charge is 2.28. The number of methoxy groups -OCH3 is 1. The van der Waals surface area contributed by atoms with E-state index in [4.69, 9.17) is 4.74 Å². The zero-order valence-electron chi connectivity index (χ0n) is 18.0. The van der Waals surface area contributed by atoms with E-state index in [1.54, 1.807) is 12.1 Å². The fraction of sp³-hybridized carbons (Fsp3) is 0.500. The van der Waals surface area contributed by atoms with Crippen molar-refractivity contribution in [2.75, 3.05) is 13.7 Å². The van der Waals surface area contributed by atoms with Gasteiger partial charge in [-0.3, -0.25) is 4.79 Å². The van der Waals surface area contributed by atoms with Crippen LogP contribution in [0.25, 0.3) is 6.08 Å². The van der Waals surface area contributed by atoms with Crippen LogP contribution in [0.15, 0.2) is 30.4 Å². The van der Waals surface area contributed by atoms with Crippen LogP contribution in [0.3, 0.4) is 0 Å². The van der Waals surface area contributed by atoms with Gasteiger partial charge in [-0.2, -0.15) is 0 Å². The number of nitrogens with zero attached hydrogens (tertiary/aromatic N) is 1. The maximum atomic E-state index is 12.3. The molecule has 30 heavy (non-hydrogen) atoms. The number of carbonyl (C=O) groups is 2. The van der Waals surface area contributed by atoms with E-state index >= 15 is 0 Å². The number of thiophene rings is 1. The van der Waals surface area contributed by atoms with Crippen molar-refractivity contribution >= 4 is 29.3 Å². The average Bonchev–Trinajstić information content (AvgIpc) is 3.36. The summed E-state index contributed by atoms with van der Waals surface area (Å²) in [5, 5.41) is 10.4. The van der Waals surface area contributed by atoms with Gasteiger partial charge in [-0.15, -0.1) is 23.2 Å². The Balaban J connectivity index is 1.90. The molecule has 0 aliphatic carbocycles. The highest BCUT2D eigenvalue weighted by atomic mass is 32.1. The van der Waals surface area contributed by atoms with Crippen LogP contribution >= 0.6 is 11.3 Å². The molecule has 1 aliphatic rings. The summed E-state index contributed by atoms with van der Waals surface area (Å²) in [6.45, 7) is 4.58. The number of hydrogen-bond donors (Lipinski definition) is 1. The van der Waals surface area contributed by atoms with Gasteiger partial charge in [0.15, 0.2) is 0 Å². The molecule has 1 unspecified atom stereocenters. The molecule has 5 nitrogen and oxygen atoms in total. The van der Waals surface area contributed by atoms with E-state index in [1.165, 1.54) is 18.4 Å². The van der Waals surface area contributed by atoms with Crippen LogP contribution in [-0.2, 0) is 9.53 Å². The van der Waals surface area contributed by atoms with Crippen LogP contribution in [0.1, 0.15) is 60.5 Å². The second-order valence-corrected chi connectivity index (χ2v) is 8.52. The van der Waals surface area contributed by atoms with E-state index in [2.05, 4.69) is 18.8 Å². The predicted octanol–water partition coefficient (Wildman–Crippen LogP) is 4.29. The summed E-state index contributed by atoms with van der Waals surface area (Å²) in [6.07, 6.45) is 10.9. The van der Waals surface area contributed by atoms with Gasteiger partial charge >= 0.3 is 5.97 Å². The quantitative estimate of drug-likeness (QED) is 0.361. The molecule has 0 bridgehead atoms. The van der Waals surface area contributed by atoms with E-state index in [9.17, 15) is 14.7 Å². The lowest BCUT2D eigenvalue weighted by Crippen LogP contribution is -2.32. The van der Waals surface area contributed by atoms with E-state index in [1.807, 2.05) is 36.1 Å². The number of aliphatic hydroxyl groups excluding tert-OH is 1. The number of rotatable bonds is 9. The number of unbranched alkanes of at least 4 members (excludes halogenated alkanes) is 1. The van der Waals surface area contributed by atoms with Gasteiger partial charge in [-0.1, -0.05) is 32.1 Å². The number of aliphatic hydroxyl groups is 1. The van der Waals surface area contributed by atoms with Crippen LogP contribution in [0, 0.1) is 17.8 Å². The van der Waals surface area contributed by atoms with Crippen LogP contribution < -0.4 is 0 Å². The molecule has 2 heterocycles. The summed E-state index contributed by atoms with van der Waals surface area (Å²) in [7, 11) is 1.36. The number of likely N-dealkylation sites (tertiary alicyclic amines) is 1. The summed E-state index contributed by atoms with van der Waals surface area (Å²) in [5.74, 6) is 6.05. The largest absolute Gasteiger partial charge is 0.465 e. The Morgan fingerprint density at radius 2 is 2.23 bits per heavy atom. The van der Waals surface area contributed by atoms with Gasteiger partial charge in [0.2, 0.25) is 5.91 Å². The molecule has 1 aromatic heterocycles. The zero-order valence-corrected chi connectivity index (χ0v) is 18.8. The van der Waals surface area contributed by atoms with E-state index < -0.39 is 6.10 Å². The molecule has 6 heteroatoms. The fourth-order valence-corrected chi connectivity index (χ4v) is 3.98. The smallest absolute Gasteiger partial charge is 0.348 e. The average molecular weight is 430 g/mol. The first kappa shape index (κ1) is 23.9. The summed E-state index contributed by atoms with van der Waals surface area (Å²) in [5.41, 5.74) is 0. The lowest BCUT2D eigenvalue weighted by atomic mass is 10.00. The van der Waals surface area contributed by atoms with Crippen LogP contribution in [0.5, 0.6) is 0 Å². The Hall–Kier alpha value is -2.36. The van der Waals surface area contributed by atoms with E-state index in [0.29, 0.717) is 24.3 Å². The molecule has 1 amide bonds. The molecule has 1 aromatic rings. The van der Waals surface area contributed by atoms with Crippen molar-refractivity contribution in [3.05, 3.63) is 40.1 Å². The number of carbonyl (C=O) groups excluding carboxylic acids is 2. The molecule has 162 valence electrons. The molecule has 3 atom stereocenters. The molecule has 1 N–H and O–H groups in total. The molecule has 0 spiro atoms. The minimum Gasteiger partial charge on any atom is -0.465 e. The third-order valence-electron chi connectivity index (χ3n) is 5.01. The number of hydrogen-bond acceptors (Lipinski definition) is 5. The molecule has 0 saturated carbocycles. The maximum Gasteiger partial charge on any atom is 0.348 e. The number of esters is 1. The summed E-state index contributed by atoms with van der Waals surface area (Å²) < 4.78 is 4.72. The summed E-state index contributed by atoms with van der Waals surface area (Å²) >= 11 is 1.35. The molecular weight excluding hydrogens is 398 g/mol. The maximum absolute atomic E-state index is 12.3. The normalized spacial score (nSPS) is 18.6. The van der Waals surface area contributed by atoms with Crippen LogP contribution in [0.4, 0.5) is 0 Å². The lowest BCUT2D eigenvalue weighted by molar-refractivity contribution is -0.127. The Morgan fingerprint density at radius 3 is 2.97 bits per heavy atom. The molecule has 1 saturated heterocycles. The highest BCUT2D eigenvalue weighted by molar-refractivity contribution is 7.14. The molecule has 1 fully saturated rings. The number of amides is 1. The van der Waals surface area contributed by atoms with Crippen LogP contribution in [-0.4, -0.2) is 47.7 Å². The first-order valence-corrected chi connectivity index (χ1v) is 11.2. The predicted molar refractivity (Wildman–Crippen MR) is 121 cm³/mol. The first-order valence-electron chi connectivity index (χ1n) is 10.4. The zero-order chi connectivity index (χ0) is 21.9. The molecule has 2 rings (SSSR count). The third kappa shape index (κ3) is 7.16. The standard InChI is InChI=1S/C24H31NO4S/c1-4-5-6-7-9-18(2)21(26)14-11-19-12-16-23(27)25(19)17-8-10-20-13-15-22(30-20)24(28)29-3/h8,10-11,13-15,18-19,21,26H,4-5,9,12,16-17H2,1-3H3/t18-,19?,21+/m0/s1. The Bertz CT molecular complexity index is 830. The second kappa shape index (κ2) is 12.4. The lowest BCUT2D eigenvalue weighted by Gasteiger charge is -2.21. The topological polar surface area (TPSA) is 66.8 Å². The van der Waals surface area contributed by atoms with E-state index in [-0.39, 0.29) is 23.8 Å². The first-order chi connectivity index (χ1) is 14.5. The van der Waals surface area contributed by atoms with Crippen molar-refractivity contribution in [2.24, 2.45) is 5.92 Å². The summed E-state index contributed by atoms with van der Waals surface area (Å²) in [4.78, 5) is 27.1. The van der Waals surface area contributed by atoms with Gasteiger partial charge in [0, 0.05) is 30.7 Å². The second-order valence-electron chi connectivity index (χ2n) is 7.41. The monoisotopic (exact) mass is 429 g/mol. The van der Waals surface area contributed by atoms with E-state index in [0.717, 1.165) is 24.1 Å². The summed E-state index contributed by atoms with van der Waals surface area (Å²) in [6, 6.07) is 3.58. The minimum absolute atomic E-state index is 0.0101. The van der Waals surface area contributed by atoms with Gasteiger partial charge in [-0.05, 0) is 37.0 Å². The fourth-order valence-electron chi connectivity index (χ4n) is 3.13. The van der Waals surface area contributed by atoms with Gasteiger partial charge < -0.3 is 14.7 Å². The van der Waals surface area contributed by atoms with Gasteiger partial charge in [0.25, 0.3) is 0 Å². The molecular formula is C24H31NO4S. The van der Waals surface area contributed by atoms with Crippen molar-refractivity contribution in [1.29, 1.82) is 0 Å². The van der Waals surface area contributed by atoms with Crippen molar-refractivity contribution in [1.82, 2.24) is 4.90 Å².